The molecule has 0 aromatic heterocycles. The second-order valence-corrected chi connectivity index (χ2v) is 5.67. The van der Waals surface area contributed by atoms with Gasteiger partial charge in [-0.15, -0.1) is 0 Å². The first-order valence-electron chi connectivity index (χ1n) is 6.49. The van der Waals surface area contributed by atoms with Crippen molar-refractivity contribution in [2.24, 2.45) is 5.92 Å². The molecule has 2 N–H and O–H groups in total. The molecular formula is C14H20BrNO3. The Balaban J connectivity index is 2.29. The molecule has 0 spiro atoms. The largest absolute Gasteiger partial charge is 0.493 e. The summed E-state index contributed by atoms with van der Waals surface area (Å²) < 4.78 is 12.1. The molecule has 1 fully saturated rings. The van der Waals surface area contributed by atoms with Crippen LogP contribution in [0.4, 0.5) is 0 Å². The van der Waals surface area contributed by atoms with Crippen molar-refractivity contribution in [1.82, 2.24) is 5.32 Å². The van der Waals surface area contributed by atoms with Crippen molar-refractivity contribution in [3.63, 3.8) is 0 Å². The van der Waals surface area contributed by atoms with E-state index in [1.807, 2.05) is 19.2 Å². The van der Waals surface area contributed by atoms with E-state index in [1.165, 1.54) is 12.8 Å². The number of aliphatic hydroxyl groups is 1. The van der Waals surface area contributed by atoms with E-state index in [2.05, 4.69) is 21.2 Å². The van der Waals surface area contributed by atoms with E-state index < -0.39 is 6.10 Å². The summed E-state index contributed by atoms with van der Waals surface area (Å²) in [4.78, 5) is 0. The molecule has 1 aliphatic rings. The Kier molecular flexibility index (Phi) is 5.07. The standard InChI is InChI=1S/C14H20BrNO3/c1-16-7-11(17)13-10(15)5-6-12(18-2)14(13)19-8-9-3-4-9/h5-6,9,11,16-17H,3-4,7-8H2,1-2H3. The van der Waals surface area contributed by atoms with Crippen LogP contribution >= 0.6 is 15.9 Å². The van der Waals surface area contributed by atoms with E-state index in [4.69, 9.17) is 9.47 Å². The molecule has 0 heterocycles. The van der Waals surface area contributed by atoms with Crippen LogP contribution in [-0.4, -0.2) is 32.4 Å². The van der Waals surface area contributed by atoms with Crippen molar-refractivity contribution in [3.8, 4) is 11.5 Å². The zero-order valence-corrected chi connectivity index (χ0v) is 12.9. The lowest BCUT2D eigenvalue weighted by molar-refractivity contribution is 0.168. The number of rotatable bonds is 7. The van der Waals surface area contributed by atoms with Crippen molar-refractivity contribution in [1.29, 1.82) is 0 Å². The average molecular weight is 330 g/mol. The van der Waals surface area contributed by atoms with Gasteiger partial charge in [0.1, 0.15) is 0 Å². The Hall–Kier alpha value is -0.780. The van der Waals surface area contributed by atoms with Gasteiger partial charge >= 0.3 is 0 Å². The summed E-state index contributed by atoms with van der Waals surface area (Å²) in [5, 5.41) is 13.2. The highest BCUT2D eigenvalue weighted by Gasteiger charge is 2.25. The van der Waals surface area contributed by atoms with Gasteiger partial charge in [-0.05, 0) is 37.9 Å². The number of ether oxygens (including phenoxy) is 2. The van der Waals surface area contributed by atoms with Gasteiger partial charge in [-0.3, -0.25) is 0 Å². The van der Waals surface area contributed by atoms with Crippen molar-refractivity contribution >= 4 is 15.9 Å². The van der Waals surface area contributed by atoms with Crippen LogP contribution in [0.1, 0.15) is 24.5 Å². The van der Waals surface area contributed by atoms with Crippen LogP contribution in [0.25, 0.3) is 0 Å². The second-order valence-electron chi connectivity index (χ2n) is 4.82. The summed E-state index contributed by atoms with van der Waals surface area (Å²) in [5.74, 6) is 1.96. The minimum Gasteiger partial charge on any atom is -0.493 e. The molecule has 0 aliphatic heterocycles. The Bertz CT molecular complexity index is 435. The van der Waals surface area contributed by atoms with Gasteiger partial charge in [0.2, 0.25) is 0 Å². The van der Waals surface area contributed by atoms with Gasteiger partial charge in [0.25, 0.3) is 0 Å². The quantitative estimate of drug-likeness (QED) is 0.807. The third kappa shape index (κ3) is 3.61. The van der Waals surface area contributed by atoms with Gasteiger partial charge < -0.3 is 19.9 Å². The maximum Gasteiger partial charge on any atom is 0.168 e. The molecular weight excluding hydrogens is 310 g/mol. The van der Waals surface area contributed by atoms with E-state index in [-0.39, 0.29) is 0 Å². The summed E-state index contributed by atoms with van der Waals surface area (Å²) in [6, 6.07) is 3.72. The van der Waals surface area contributed by atoms with Crippen LogP contribution in [-0.2, 0) is 0 Å². The summed E-state index contributed by atoms with van der Waals surface area (Å²) in [6.45, 7) is 1.15. The smallest absolute Gasteiger partial charge is 0.168 e. The van der Waals surface area contributed by atoms with Crippen molar-refractivity contribution < 1.29 is 14.6 Å². The van der Waals surface area contributed by atoms with Crippen LogP contribution in [0, 0.1) is 5.92 Å². The highest BCUT2D eigenvalue weighted by atomic mass is 79.9. The number of methoxy groups -OCH3 is 1. The summed E-state index contributed by atoms with van der Waals surface area (Å²) >= 11 is 3.48. The lowest BCUT2D eigenvalue weighted by atomic mass is 10.1. The third-order valence-electron chi connectivity index (χ3n) is 3.22. The lowest BCUT2D eigenvalue weighted by Crippen LogP contribution is -2.18. The van der Waals surface area contributed by atoms with Gasteiger partial charge in [-0.1, -0.05) is 15.9 Å². The van der Waals surface area contributed by atoms with E-state index in [0.29, 0.717) is 30.6 Å². The predicted octanol–water partition coefficient (Wildman–Crippen LogP) is 2.50. The Morgan fingerprint density at radius 3 is 2.79 bits per heavy atom. The first kappa shape index (κ1) is 14.6. The first-order valence-corrected chi connectivity index (χ1v) is 7.28. The Morgan fingerprint density at radius 1 is 1.47 bits per heavy atom. The van der Waals surface area contributed by atoms with Gasteiger partial charge in [-0.2, -0.15) is 0 Å². The molecule has 0 amide bonds. The van der Waals surface area contributed by atoms with E-state index in [1.54, 1.807) is 7.11 Å². The van der Waals surface area contributed by atoms with Gasteiger partial charge in [0, 0.05) is 16.6 Å². The molecule has 0 bridgehead atoms. The summed E-state index contributed by atoms with van der Waals surface area (Å²) in [7, 11) is 3.42. The lowest BCUT2D eigenvalue weighted by Gasteiger charge is -2.20. The summed E-state index contributed by atoms with van der Waals surface area (Å²) in [6.07, 6.45) is 1.82. The van der Waals surface area contributed by atoms with Crippen LogP contribution in [0.5, 0.6) is 11.5 Å². The zero-order valence-electron chi connectivity index (χ0n) is 11.3. The summed E-state index contributed by atoms with van der Waals surface area (Å²) in [5.41, 5.74) is 0.745. The van der Waals surface area contributed by atoms with Crippen LogP contribution < -0.4 is 14.8 Å². The molecule has 19 heavy (non-hydrogen) atoms. The van der Waals surface area contributed by atoms with Gasteiger partial charge in [0.15, 0.2) is 11.5 Å². The van der Waals surface area contributed by atoms with E-state index in [9.17, 15) is 5.11 Å². The molecule has 0 radical (unpaired) electrons. The number of hydrogen-bond donors (Lipinski definition) is 2. The fourth-order valence-corrected chi connectivity index (χ4v) is 2.53. The number of halogens is 1. The zero-order chi connectivity index (χ0) is 13.8. The molecule has 1 aromatic carbocycles. The van der Waals surface area contributed by atoms with Crippen molar-refractivity contribution in [2.45, 2.75) is 18.9 Å². The van der Waals surface area contributed by atoms with Crippen LogP contribution in [0.3, 0.4) is 0 Å². The third-order valence-corrected chi connectivity index (χ3v) is 3.91. The number of nitrogens with one attached hydrogen (secondary N) is 1. The van der Waals surface area contributed by atoms with Gasteiger partial charge in [-0.25, -0.2) is 0 Å². The Labute approximate surface area is 122 Å². The molecule has 106 valence electrons. The SMILES string of the molecule is CNCC(O)c1c(Br)ccc(OC)c1OCC1CC1. The number of benzene rings is 1. The van der Waals surface area contributed by atoms with Crippen LogP contribution in [0.15, 0.2) is 16.6 Å². The first-order chi connectivity index (χ1) is 9.17. The predicted molar refractivity (Wildman–Crippen MR) is 77.8 cm³/mol. The second kappa shape index (κ2) is 6.59. The normalized spacial score (nSPS) is 16.2. The maximum atomic E-state index is 10.3. The fourth-order valence-electron chi connectivity index (χ4n) is 1.96. The van der Waals surface area contributed by atoms with Gasteiger partial charge in [0.05, 0.1) is 19.8 Å². The molecule has 0 saturated heterocycles. The topological polar surface area (TPSA) is 50.7 Å². The molecule has 1 unspecified atom stereocenters. The van der Waals surface area contributed by atoms with Crippen molar-refractivity contribution in [3.05, 3.63) is 22.2 Å². The minimum atomic E-state index is -0.635. The molecule has 1 aliphatic carbocycles. The number of aliphatic hydroxyl groups excluding tert-OH is 1. The Morgan fingerprint density at radius 2 is 2.21 bits per heavy atom. The molecule has 1 saturated carbocycles. The molecule has 5 heteroatoms. The molecule has 1 aromatic rings. The minimum absolute atomic E-state index is 0.464. The molecule has 4 nitrogen and oxygen atoms in total. The average Bonchev–Trinajstić information content (AvgIpc) is 3.20. The fraction of sp³-hybridized carbons (Fsp3) is 0.571. The monoisotopic (exact) mass is 329 g/mol. The molecule has 1 atom stereocenters. The number of likely N-dealkylation sites (N-methyl/N-ethyl adjacent to an activating group) is 1. The van der Waals surface area contributed by atoms with E-state index in [0.717, 1.165) is 10.0 Å². The maximum absolute atomic E-state index is 10.3. The number of hydrogen-bond acceptors (Lipinski definition) is 4. The highest BCUT2D eigenvalue weighted by molar-refractivity contribution is 9.10. The van der Waals surface area contributed by atoms with Crippen molar-refractivity contribution in [2.75, 3.05) is 27.3 Å². The van der Waals surface area contributed by atoms with E-state index >= 15 is 0 Å². The molecule has 2 rings (SSSR count). The van der Waals surface area contributed by atoms with Crippen LogP contribution in [0.2, 0.25) is 0 Å². The highest BCUT2D eigenvalue weighted by Crippen LogP contribution is 2.41.